The largest absolute Gasteiger partial charge is 0.351 e. The molecule has 6 heteroatoms. The number of carbonyl (C=O) groups is 1. The second-order valence-corrected chi connectivity index (χ2v) is 3.34. The van der Waals surface area contributed by atoms with Crippen LogP contribution in [-0.2, 0) is 0 Å². The molecule has 0 saturated carbocycles. The average molecular weight is 200 g/mol. The first kappa shape index (κ1) is 10.1. The van der Waals surface area contributed by atoms with Crippen molar-refractivity contribution in [1.82, 2.24) is 14.9 Å². The molecule has 0 atom stereocenters. The van der Waals surface area contributed by atoms with Crippen LogP contribution in [0.5, 0.6) is 0 Å². The number of carbonyl (C=O) groups excluding carboxylic acids is 1. The monoisotopic (exact) mass is 200 g/mol. The Hall–Kier alpha value is -1.01. The van der Waals surface area contributed by atoms with Gasteiger partial charge in [0.05, 0.1) is 5.69 Å². The molecule has 1 aromatic rings. The highest BCUT2D eigenvalue weighted by atomic mass is 32.1. The fourth-order valence-electron chi connectivity index (χ4n) is 0.824. The van der Waals surface area contributed by atoms with Crippen molar-refractivity contribution >= 4 is 17.4 Å². The van der Waals surface area contributed by atoms with Crippen molar-refractivity contribution in [2.24, 2.45) is 5.73 Å². The van der Waals surface area contributed by atoms with Crippen LogP contribution in [0.25, 0.3) is 0 Å². The Morgan fingerprint density at radius 2 is 2.46 bits per heavy atom. The van der Waals surface area contributed by atoms with Crippen LogP contribution in [-0.4, -0.2) is 28.6 Å². The van der Waals surface area contributed by atoms with Gasteiger partial charge in [-0.3, -0.25) is 4.79 Å². The fourth-order valence-corrected chi connectivity index (χ4v) is 1.40. The summed E-state index contributed by atoms with van der Waals surface area (Å²) < 4.78 is 3.68. The third-order valence-corrected chi connectivity index (χ3v) is 2.35. The molecule has 0 unspecified atom stereocenters. The highest BCUT2D eigenvalue weighted by molar-refractivity contribution is 7.07. The first-order valence-corrected chi connectivity index (χ1v) is 4.80. The van der Waals surface area contributed by atoms with Gasteiger partial charge in [-0.2, -0.15) is 0 Å². The molecule has 0 aliphatic heterocycles. The van der Waals surface area contributed by atoms with Crippen LogP contribution in [0, 0.1) is 6.92 Å². The molecule has 1 rings (SSSR count). The first-order chi connectivity index (χ1) is 6.25. The van der Waals surface area contributed by atoms with Crippen molar-refractivity contribution in [2.45, 2.75) is 13.3 Å². The number of aryl methyl sites for hydroxylation is 1. The number of nitrogens with one attached hydrogen (secondary N) is 1. The minimum absolute atomic E-state index is 0.110. The lowest BCUT2D eigenvalue weighted by Crippen LogP contribution is -2.25. The Morgan fingerprint density at radius 1 is 1.69 bits per heavy atom. The quantitative estimate of drug-likeness (QED) is 0.666. The zero-order valence-corrected chi connectivity index (χ0v) is 8.23. The third-order valence-electron chi connectivity index (χ3n) is 1.52. The van der Waals surface area contributed by atoms with E-state index in [1.54, 1.807) is 6.92 Å². The summed E-state index contributed by atoms with van der Waals surface area (Å²) in [6, 6.07) is 0. The minimum Gasteiger partial charge on any atom is -0.351 e. The number of aromatic nitrogens is 2. The summed E-state index contributed by atoms with van der Waals surface area (Å²) >= 11 is 1.11. The van der Waals surface area contributed by atoms with Gasteiger partial charge in [0.25, 0.3) is 5.91 Å². The van der Waals surface area contributed by atoms with Gasteiger partial charge in [-0.1, -0.05) is 4.49 Å². The number of nitrogens with two attached hydrogens (primary N) is 1. The molecule has 0 spiro atoms. The highest BCUT2D eigenvalue weighted by Crippen LogP contribution is 2.07. The Balaban J connectivity index is 2.45. The molecule has 72 valence electrons. The molecular formula is C7H12N4OS. The first-order valence-electron chi connectivity index (χ1n) is 4.03. The van der Waals surface area contributed by atoms with Crippen LogP contribution < -0.4 is 11.1 Å². The molecular weight excluding hydrogens is 188 g/mol. The third kappa shape index (κ3) is 2.74. The SMILES string of the molecule is Cc1nnsc1C(=O)NCCCN. The average Bonchev–Trinajstić information content (AvgIpc) is 2.52. The molecule has 0 bridgehead atoms. The molecule has 0 aromatic carbocycles. The Bertz CT molecular complexity index is 286. The lowest BCUT2D eigenvalue weighted by Gasteiger charge is -2.00. The molecule has 0 aliphatic carbocycles. The zero-order chi connectivity index (χ0) is 9.68. The van der Waals surface area contributed by atoms with Gasteiger partial charge in [-0.15, -0.1) is 5.10 Å². The molecule has 1 amide bonds. The molecule has 0 aliphatic rings. The summed E-state index contributed by atoms with van der Waals surface area (Å²) in [5, 5.41) is 6.49. The molecule has 0 radical (unpaired) electrons. The van der Waals surface area contributed by atoms with E-state index in [4.69, 9.17) is 5.73 Å². The van der Waals surface area contributed by atoms with Crippen LogP contribution in [0.3, 0.4) is 0 Å². The van der Waals surface area contributed by atoms with Crippen molar-refractivity contribution in [1.29, 1.82) is 0 Å². The standard InChI is InChI=1S/C7H12N4OS/c1-5-6(13-11-10-5)7(12)9-4-2-3-8/h2-4,8H2,1H3,(H,9,12). The predicted octanol–water partition coefficient (Wildman–Crippen LogP) is -0.0749. The Morgan fingerprint density at radius 3 is 3.00 bits per heavy atom. The molecule has 5 nitrogen and oxygen atoms in total. The predicted molar refractivity (Wildman–Crippen MR) is 50.7 cm³/mol. The maximum atomic E-state index is 11.4. The topological polar surface area (TPSA) is 80.9 Å². The maximum absolute atomic E-state index is 11.4. The minimum atomic E-state index is -0.110. The molecule has 1 heterocycles. The number of nitrogens with zero attached hydrogens (tertiary/aromatic N) is 2. The molecule has 0 fully saturated rings. The van der Waals surface area contributed by atoms with Crippen LogP contribution in [0.1, 0.15) is 21.8 Å². The molecule has 13 heavy (non-hydrogen) atoms. The fraction of sp³-hybridized carbons (Fsp3) is 0.571. The maximum Gasteiger partial charge on any atom is 0.264 e. The lowest BCUT2D eigenvalue weighted by atomic mass is 10.3. The van der Waals surface area contributed by atoms with E-state index in [-0.39, 0.29) is 5.91 Å². The lowest BCUT2D eigenvalue weighted by molar-refractivity contribution is 0.0957. The van der Waals surface area contributed by atoms with Crippen molar-refractivity contribution in [3.63, 3.8) is 0 Å². The van der Waals surface area contributed by atoms with Crippen LogP contribution in [0.4, 0.5) is 0 Å². The summed E-state index contributed by atoms with van der Waals surface area (Å²) in [5.74, 6) is -0.110. The van der Waals surface area contributed by atoms with Crippen LogP contribution in [0.15, 0.2) is 0 Å². The van der Waals surface area contributed by atoms with Crippen molar-refractivity contribution in [3.8, 4) is 0 Å². The number of amides is 1. The van der Waals surface area contributed by atoms with E-state index in [9.17, 15) is 4.79 Å². The van der Waals surface area contributed by atoms with Crippen molar-refractivity contribution in [3.05, 3.63) is 10.6 Å². The van der Waals surface area contributed by atoms with E-state index in [0.717, 1.165) is 18.0 Å². The van der Waals surface area contributed by atoms with Gasteiger partial charge in [0.1, 0.15) is 4.88 Å². The zero-order valence-electron chi connectivity index (χ0n) is 7.41. The second kappa shape index (κ2) is 4.88. The van der Waals surface area contributed by atoms with Crippen LogP contribution >= 0.6 is 11.5 Å². The summed E-state index contributed by atoms with van der Waals surface area (Å²) in [6.07, 6.45) is 0.789. The second-order valence-electron chi connectivity index (χ2n) is 2.59. The number of hydrogen-bond acceptors (Lipinski definition) is 5. The van der Waals surface area contributed by atoms with E-state index < -0.39 is 0 Å². The van der Waals surface area contributed by atoms with Crippen molar-refractivity contribution < 1.29 is 4.79 Å². The summed E-state index contributed by atoms with van der Waals surface area (Å²) in [6.45, 7) is 2.95. The highest BCUT2D eigenvalue weighted by Gasteiger charge is 2.11. The number of hydrogen-bond donors (Lipinski definition) is 2. The smallest absolute Gasteiger partial charge is 0.264 e. The van der Waals surface area contributed by atoms with Gasteiger partial charge in [-0.05, 0) is 31.4 Å². The summed E-state index contributed by atoms with van der Waals surface area (Å²) in [4.78, 5) is 12.0. The summed E-state index contributed by atoms with van der Waals surface area (Å²) in [5.41, 5.74) is 5.97. The van der Waals surface area contributed by atoms with Gasteiger partial charge < -0.3 is 11.1 Å². The summed E-state index contributed by atoms with van der Waals surface area (Å²) in [7, 11) is 0. The normalized spacial score (nSPS) is 10.0. The van der Waals surface area contributed by atoms with E-state index >= 15 is 0 Å². The van der Waals surface area contributed by atoms with Crippen molar-refractivity contribution in [2.75, 3.05) is 13.1 Å². The molecule has 0 saturated heterocycles. The van der Waals surface area contributed by atoms with Gasteiger partial charge in [0.15, 0.2) is 0 Å². The van der Waals surface area contributed by atoms with Gasteiger partial charge in [0, 0.05) is 6.54 Å². The van der Waals surface area contributed by atoms with Gasteiger partial charge in [-0.25, -0.2) is 0 Å². The van der Waals surface area contributed by atoms with Gasteiger partial charge in [0.2, 0.25) is 0 Å². The number of rotatable bonds is 4. The van der Waals surface area contributed by atoms with E-state index in [1.165, 1.54) is 0 Å². The molecule has 1 aromatic heterocycles. The molecule has 3 N–H and O–H groups in total. The van der Waals surface area contributed by atoms with E-state index in [2.05, 4.69) is 14.9 Å². The van der Waals surface area contributed by atoms with Gasteiger partial charge >= 0.3 is 0 Å². The van der Waals surface area contributed by atoms with E-state index in [1.807, 2.05) is 0 Å². The Kier molecular flexibility index (Phi) is 3.78. The van der Waals surface area contributed by atoms with Crippen LogP contribution in [0.2, 0.25) is 0 Å². The Labute approximate surface area is 80.5 Å². The van der Waals surface area contributed by atoms with E-state index in [0.29, 0.717) is 23.7 Å².